The largest absolute Gasteiger partial charge is 0.380 e. The Kier molecular flexibility index (Phi) is 5.11. The normalized spacial score (nSPS) is 30.6. The van der Waals surface area contributed by atoms with Gasteiger partial charge in [-0.15, -0.1) is 0 Å². The van der Waals surface area contributed by atoms with Crippen molar-refractivity contribution in [2.24, 2.45) is 17.8 Å². The Hall–Kier alpha value is -0.0800. The SMILES string of the molecule is CC1CCCC(CNCCOCC2CC2)C1. The number of nitrogens with one attached hydrogen (secondary N) is 1. The van der Waals surface area contributed by atoms with Crippen LogP contribution in [0.2, 0.25) is 0 Å². The summed E-state index contributed by atoms with van der Waals surface area (Å²) in [6.45, 7) is 6.54. The van der Waals surface area contributed by atoms with Crippen molar-refractivity contribution in [2.45, 2.75) is 45.4 Å². The Bertz CT molecular complexity index is 191. The van der Waals surface area contributed by atoms with Gasteiger partial charge in [-0.1, -0.05) is 19.8 Å². The molecule has 2 atom stereocenters. The summed E-state index contributed by atoms with van der Waals surface area (Å²) in [6.07, 6.45) is 8.53. The molecule has 0 saturated heterocycles. The van der Waals surface area contributed by atoms with Gasteiger partial charge in [-0.25, -0.2) is 0 Å². The van der Waals surface area contributed by atoms with Gasteiger partial charge in [0.25, 0.3) is 0 Å². The molecule has 2 saturated carbocycles. The van der Waals surface area contributed by atoms with Crippen molar-refractivity contribution < 1.29 is 4.74 Å². The van der Waals surface area contributed by atoms with Gasteiger partial charge in [0.15, 0.2) is 0 Å². The van der Waals surface area contributed by atoms with E-state index >= 15 is 0 Å². The van der Waals surface area contributed by atoms with Gasteiger partial charge in [0.05, 0.1) is 6.61 Å². The molecule has 0 amide bonds. The monoisotopic (exact) mass is 225 g/mol. The quantitative estimate of drug-likeness (QED) is 0.673. The summed E-state index contributed by atoms with van der Waals surface area (Å²) in [5.74, 6) is 2.78. The molecule has 2 rings (SSSR count). The van der Waals surface area contributed by atoms with Crippen LogP contribution in [0.15, 0.2) is 0 Å². The van der Waals surface area contributed by atoms with Crippen LogP contribution in [-0.2, 0) is 4.74 Å². The van der Waals surface area contributed by atoms with E-state index in [1.807, 2.05) is 0 Å². The van der Waals surface area contributed by atoms with E-state index in [9.17, 15) is 0 Å². The molecule has 0 spiro atoms. The maximum atomic E-state index is 5.61. The zero-order valence-corrected chi connectivity index (χ0v) is 10.7. The molecule has 0 aliphatic heterocycles. The van der Waals surface area contributed by atoms with Gasteiger partial charge >= 0.3 is 0 Å². The predicted octanol–water partition coefficient (Wildman–Crippen LogP) is 2.83. The molecular weight excluding hydrogens is 198 g/mol. The molecule has 16 heavy (non-hydrogen) atoms. The maximum Gasteiger partial charge on any atom is 0.0591 e. The maximum absolute atomic E-state index is 5.61. The first-order valence-electron chi connectivity index (χ1n) is 7.13. The summed E-state index contributed by atoms with van der Waals surface area (Å²) < 4.78 is 5.61. The van der Waals surface area contributed by atoms with Crippen LogP contribution in [0.25, 0.3) is 0 Å². The second kappa shape index (κ2) is 6.61. The first-order chi connectivity index (χ1) is 7.84. The molecule has 2 nitrogen and oxygen atoms in total. The fourth-order valence-electron chi connectivity index (χ4n) is 2.73. The van der Waals surface area contributed by atoms with Crippen molar-refractivity contribution >= 4 is 0 Å². The van der Waals surface area contributed by atoms with Crippen LogP contribution in [0.4, 0.5) is 0 Å². The van der Waals surface area contributed by atoms with Gasteiger partial charge in [0, 0.05) is 13.2 Å². The van der Waals surface area contributed by atoms with Gasteiger partial charge in [0.2, 0.25) is 0 Å². The van der Waals surface area contributed by atoms with Crippen LogP contribution in [0.5, 0.6) is 0 Å². The third-order valence-electron chi connectivity index (χ3n) is 3.95. The second-order valence-corrected chi connectivity index (χ2v) is 5.86. The summed E-state index contributed by atoms with van der Waals surface area (Å²) in [4.78, 5) is 0. The minimum Gasteiger partial charge on any atom is -0.380 e. The third-order valence-corrected chi connectivity index (χ3v) is 3.95. The predicted molar refractivity (Wildman–Crippen MR) is 67.5 cm³/mol. The number of hydrogen-bond acceptors (Lipinski definition) is 2. The minimum atomic E-state index is 0.902. The van der Waals surface area contributed by atoms with Crippen molar-refractivity contribution in [3.8, 4) is 0 Å². The molecule has 0 radical (unpaired) electrons. The molecule has 0 heterocycles. The van der Waals surface area contributed by atoms with E-state index in [1.54, 1.807) is 0 Å². The molecule has 94 valence electrons. The molecule has 2 aliphatic rings. The van der Waals surface area contributed by atoms with E-state index in [1.165, 1.54) is 45.1 Å². The van der Waals surface area contributed by atoms with Crippen molar-refractivity contribution in [3.05, 3.63) is 0 Å². The lowest BCUT2D eigenvalue weighted by molar-refractivity contribution is 0.124. The van der Waals surface area contributed by atoms with Crippen LogP contribution in [-0.4, -0.2) is 26.3 Å². The fraction of sp³-hybridized carbons (Fsp3) is 1.00. The van der Waals surface area contributed by atoms with E-state index < -0.39 is 0 Å². The molecule has 2 heteroatoms. The third kappa shape index (κ3) is 4.84. The van der Waals surface area contributed by atoms with Crippen LogP contribution in [0.3, 0.4) is 0 Å². The first-order valence-corrected chi connectivity index (χ1v) is 7.13. The molecule has 0 aromatic heterocycles. The highest BCUT2D eigenvalue weighted by Gasteiger charge is 2.21. The number of hydrogen-bond donors (Lipinski definition) is 1. The Morgan fingerprint density at radius 2 is 2.00 bits per heavy atom. The zero-order valence-electron chi connectivity index (χ0n) is 10.7. The lowest BCUT2D eigenvalue weighted by Gasteiger charge is -2.26. The topological polar surface area (TPSA) is 21.3 Å². The Morgan fingerprint density at radius 1 is 1.12 bits per heavy atom. The lowest BCUT2D eigenvalue weighted by Crippen LogP contribution is -2.29. The van der Waals surface area contributed by atoms with Crippen molar-refractivity contribution in [2.75, 3.05) is 26.3 Å². The van der Waals surface area contributed by atoms with Gasteiger partial charge in [-0.2, -0.15) is 0 Å². The van der Waals surface area contributed by atoms with Crippen molar-refractivity contribution in [3.63, 3.8) is 0 Å². The molecule has 2 aliphatic carbocycles. The first kappa shape index (κ1) is 12.4. The van der Waals surface area contributed by atoms with Crippen LogP contribution < -0.4 is 5.32 Å². The van der Waals surface area contributed by atoms with Crippen LogP contribution >= 0.6 is 0 Å². The zero-order chi connectivity index (χ0) is 11.2. The second-order valence-electron chi connectivity index (χ2n) is 5.86. The molecule has 1 N–H and O–H groups in total. The molecule has 0 aromatic carbocycles. The average molecular weight is 225 g/mol. The smallest absolute Gasteiger partial charge is 0.0591 e. The van der Waals surface area contributed by atoms with Gasteiger partial charge in [0.1, 0.15) is 0 Å². The Balaban J connectivity index is 1.41. The van der Waals surface area contributed by atoms with Gasteiger partial charge < -0.3 is 10.1 Å². The molecule has 2 fully saturated rings. The summed E-state index contributed by atoms with van der Waals surface area (Å²) in [5.41, 5.74) is 0. The average Bonchev–Trinajstić information content (AvgIpc) is 3.07. The lowest BCUT2D eigenvalue weighted by atomic mass is 9.82. The summed E-state index contributed by atoms with van der Waals surface area (Å²) in [7, 11) is 0. The van der Waals surface area contributed by atoms with Crippen LogP contribution in [0, 0.1) is 17.8 Å². The van der Waals surface area contributed by atoms with E-state index in [4.69, 9.17) is 4.74 Å². The van der Waals surface area contributed by atoms with E-state index in [2.05, 4.69) is 12.2 Å². The highest BCUT2D eigenvalue weighted by Crippen LogP contribution is 2.29. The summed E-state index contributed by atoms with van der Waals surface area (Å²) >= 11 is 0. The van der Waals surface area contributed by atoms with Crippen LogP contribution in [0.1, 0.15) is 45.4 Å². The van der Waals surface area contributed by atoms with Crippen molar-refractivity contribution in [1.29, 1.82) is 0 Å². The Morgan fingerprint density at radius 3 is 2.75 bits per heavy atom. The minimum absolute atomic E-state index is 0.902. The van der Waals surface area contributed by atoms with E-state index in [-0.39, 0.29) is 0 Å². The summed E-state index contributed by atoms with van der Waals surface area (Å²) in [5, 5.41) is 3.54. The Labute approximate surface area is 100 Å². The number of ether oxygens (including phenoxy) is 1. The van der Waals surface area contributed by atoms with Crippen molar-refractivity contribution in [1.82, 2.24) is 5.32 Å². The molecule has 2 unspecified atom stereocenters. The van der Waals surface area contributed by atoms with E-state index in [0.717, 1.165) is 37.5 Å². The van der Waals surface area contributed by atoms with Gasteiger partial charge in [-0.05, 0) is 50.0 Å². The fourth-order valence-corrected chi connectivity index (χ4v) is 2.73. The standard InChI is InChI=1S/C14H27NO/c1-12-3-2-4-14(9-12)10-15-7-8-16-11-13-5-6-13/h12-15H,2-11H2,1H3. The van der Waals surface area contributed by atoms with E-state index in [0.29, 0.717) is 0 Å². The molecule has 0 bridgehead atoms. The molecule has 0 aromatic rings. The number of rotatable bonds is 7. The highest BCUT2D eigenvalue weighted by molar-refractivity contribution is 4.73. The summed E-state index contributed by atoms with van der Waals surface area (Å²) in [6, 6.07) is 0. The molecular formula is C14H27NO. The van der Waals surface area contributed by atoms with Gasteiger partial charge in [-0.3, -0.25) is 0 Å². The highest BCUT2D eigenvalue weighted by atomic mass is 16.5.